The Hall–Kier alpha value is -0.920. The molecule has 2 heterocycles. The van der Waals surface area contributed by atoms with Gasteiger partial charge in [0.2, 0.25) is 0 Å². The summed E-state index contributed by atoms with van der Waals surface area (Å²) >= 11 is 10.2. The Bertz CT molecular complexity index is 596. The summed E-state index contributed by atoms with van der Waals surface area (Å²) in [4.78, 5) is 13.4. The highest BCUT2D eigenvalue weighted by Gasteiger charge is 2.31. The van der Waals surface area contributed by atoms with E-state index in [4.69, 9.17) is 17.0 Å². The van der Waals surface area contributed by atoms with Gasteiger partial charge in [-0.2, -0.15) is 0 Å². The van der Waals surface area contributed by atoms with E-state index in [1.807, 2.05) is 32.9 Å². The summed E-state index contributed by atoms with van der Waals surface area (Å²) in [7, 11) is 0. The van der Waals surface area contributed by atoms with Crippen molar-refractivity contribution >= 4 is 50.6 Å². The van der Waals surface area contributed by atoms with Gasteiger partial charge >= 0.3 is 5.97 Å². The highest BCUT2D eigenvalue weighted by molar-refractivity contribution is 9.11. The molecule has 1 aliphatic rings. The van der Waals surface area contributed by atoms with Crippen LogP contribution in [0.5, 0.6) is 0 Å². The van der Waals surface area contributed by atoms with E-state index in [2.05, 4.69) is 26.6 Å². The molecule has 1 aliphatic heterocycles. The molecule has 1 aromatic rings. The van der Waals surface area contributed by atoms with Gasteiger partial charge in [-0.25, -0.2) is 4.79 Å². The molecule has 1 unspecified atom stereocenters. The van der Waals surface area contributed by atoms with E-state index < -0.39 is 0 Å². The summed E-state index contributed by atoms with van der Waals surface area (Å²) in [5, 5.41) is 6.66. The lowest BCUT2D eigenvalue weighted by molar-refractivity contribution is -0.140. The van der Waals surface area contributed by atoms with Crippen molar-refractivity contribution in [1.29, 1.82) is 0 Å². The van der Waals surface area contributed by atoms with Crippen LogP contribution in [0.3, 0.4) is 0 Å². The molecule has 1 atom stereocenters. The average Bonchev–Trinajstić information content (AvgIpc) is 2.81. The summed E-state index contributed by atoms with van der Waals surface area (Å²) < 4.78 is 6.39. The van der Waals surface area contributed by atoms with Crippen LogP contribution < -0.4 is 10.6 Å². The molecule has 0 amide bonds. The number of allylic oxidation sites excluding steroid dienone is 1. The standard InChI is InChI=1S/C14H17BrN2O2S2/c1-7(2)6-19-13(18)11-8(3)16-14(20)17-12(11)9-4-5-10(15)21-9/h4-5,7,12H,6H2,1-3H3,(H2,16,17,20). The number of hydrogen-bond donors (Lipinski definition) is 2. The predicted octanol–water partition coefficient (Wildman–Crippen LogP) is 3.50. The van der Waals surface area contributed by atoms with Crippen molar-refractivity contribution in [3.05, 3.63) is 32.1 Å². The maximum atomic E-state index is 12.4. The molecule has 2 N–H and O–H groups in total. The normalized spacial score (nSPS) is 18.5. The Morgan fingerprint density at radius 2 is 2.24 bits per heavy atom. The van der Waals surface area contributed by atoms with E-state index in [1.165, 1.54) is 0 Å². The molecule has 4 nitrogen and oxygen atoms in total. The number of ether oxygens (including phenoxy) is 1. The highest BCUT2D eigenvalue weighted by atomic mass is 79.9. The van der Waals surface area contributed by atoms with Crippen molar-refractivity contribution in [1.82, 2.24) is 10.6 Å². The Balaban J connectivity index is 2.30. The van der Waals surface area contributed by atoms with Crippen LogP contribution in [0.25, 0.3) is 0 Å². The van der Waals surface area contributed by atoms with Crippen LogP contribution in [-0.2, 0) is 9.53 Å². The Labute approximate surface area is 142 Å². The van der Waals surface area contributed by atoms with Crippen molar-refractivity contribution in [2.24, 2.45) is 5.92 Å². The molecule has 21 heavy (non-hydrogen) atoms. The van der Waals surface area contributed by atoms with Gasteiger partial charge in [0.05, 0.1) is 22.0 Å². The quantitative estimate of drug-likeness (QED) is 0.610. The Morgan fingerprint density at radius 1 is 1.52 bits per heavy atom. The average molecular weight is 389 g/mol. The van der Waals surface area contributed by atoms with Crippen LogP contribution in [0, 0.1) is 5.92 Å². The van der Waals surface area contributed by atoms with E-state index in [9.17, 15) is 4.79 Å². The lowest BCUT2D eigenvalue weighted by Crippen LogP contribution is -2.45. The van der Waals surface area contributed by atoms with Crippen LogP contribution >= 0.6 is 39.5 Å². The minimum atomic E-state index is -0.307. The monoisotopic (exact) mass is 388 g/mol. The number of rotatable bonds is 4. The van der Waals surface area contributed by atoms with Gasteiger partial charge in [0, 0.05) is 10.6 Å². The Kier molecular flexibility index (Phi) is 5.40. The number of nitrogens with one attached hydrogen (secondary N) is 2. The molecule has 7 heteroatoms. The molecule has 2 rings (SSSR count). The van der Waals surface area contributed by atoms with Crippen LogP contribution in [0.15, 0.2) is 27.2 Å². The molecule has 1 aromatic heterocycles. The van der Waals surface area contributed by atoms with Gasteiger partial charge < -0.3 is 15.4 Å². The van der Waals surface area contributed by atoms with Crippen molar-refractivity contribution in [3.63, 3.8) is 0 Å². The number of hydrogen-bond acceptors (Lipinski definition) is 4. The lowest BCUT2D eigenvalue weighted by Gasteiger charge is -2.29. The molecule has 0 aliphatic carbocycles. The molecule has 0 bridgehead atoms. The first-order chi connectivity index (χ1) is 9.88. The maximum Gasteiger partial charge on any atom is 0.338 e. The number of halogens is 1. The largest absolute Gasteiger partial charge is 0.462 e. The predicted molar refractivity (Wildman–Crippen MR) is 92.1 cm³/mol. The van der Waals surface area contributed by atoms with E-state index in [-0.39, 0.29) is 12.0 Å². The molecule has 0 fully saturated rings. The number of carbonyl (C=O) groups is 1. The minimum absolute atomic E-state index is 0.269. The molecule has 0 radical (unpaired) electrons. The van der Waals surface area contributed by atoms with Crippen molar-refractivity contribution in [2.45, 2.75) is 26.8 Å². The molecular weight excluding hydrogens is 372 g/mol. The fourth-order valence-corrected chi connectivity index (χ4v) is 3.74. The van der Waals surface area contributed by atoms with Crippen LogP contribution in [0.1, 0.15) is 31.7 Å². The first kappa shape index (κ1) is 16.5. The van der Waals surface area contributed by atoms with Crippen molar-refractivity contribution in [3.8, 4) is 0 Å². The number of thiophene rings is 1. The van der Waals surface area contributed by atoms with Gasteiger partial charge in [0.25, 0.3) is 0 Å². The summed E-state index contributed by atoms with van der Waals surface area (Å²) in [5.74, 6) is -0.00649. The molecule has 0 saturated heterocycles. The second-order valence-corrected chi connectivity index (χ2v) is 8.11. The second kappa shape index (κ2) is 6.89. The number of esters is 1. The number of thiocarbonyl (C=S) groups is 1. The van der Waals surface area contributed by atoms with E-state index >= 15 is 0 Å². The Morgan fingerprint density at radius 3 is 2.81 bits per heavy atom. The van der Waals surface area contributed by atoms with Gasteiger partial charge in [0.15, 0.2) is 5.11 Å². The molecule has 0 saturated carbocycles. The van der Waals surface area contributed by atoms with E-state index in [0.29, 0.717) is 23.2 Å². The zero-order chi connectivity index (χ0) is 15.6. The molecule has 114 valence electrons. The van der Waals surface area contributed by atoms with Crippen LogP contribution in [0.4, 0.5) is 0 Å². The first-order valence-corrected chi connectivity index (χ1v) is 8.61. The maximum absolute atomic E-state index is 12.4. The third-order valence-electron chi connectivity index (χ3n) is 2.92. The third kappa shape index (κ3) is 4.05. The van der Waals surface area contributed by atoms with Crippen molar-refractivity contribution in [2.75, 3.05) is 6.61 Å². The molecule has 0 spiro atoms. The molecular formula is C14H17BrN2O2S2. The van der Waals surface area contributed by atoms with Crippen LogP contribution in [0.2, 0.25) is 0 Å². The van der Waals surface area contributed by atoms with Crippen LogP contribution in [-0.4, -0.2) is 17.7 Å². The van der Waals surface area contributed by atoms with Crippen molar-refractivity contribution < 1.29 is 9.53 Å². The highest BCUT2D eigenvalue weighted by Crippen LogP contribution is 2.34. The fraction of sp³-hybridized carbons (Fsp3) is 0.429. The minimum Gasteiger partial charge on any atom is -0.462 e. The summed E-state index contributed by atoms with van der Waals surface area (Å²) in [5.41, 5.74) is 1.32. The van der Waals surface area contributed by atoms with Gasteiger partial charge in [-0.05, 0) is 53.1 Å². The topological polar surface area (TPSA) is 50.4 Å². The SMILES string of the molecule is CC1=C(C(=O)OCC(C)C)C(c2ccc(Br)s2)NC(=S)N1. The van der Waals surface area contributed by atoms with E-state index in [1.54, 1.807) is 11.3 Å². The molecule has 0 aromatic carbocycles. The lowest BCUT2D eigenvalue weighted by atomic mass is 10.0. The summed E-state index contributed by atoms with van der Waals surface area (Å²) in [6.45, 7) is 6.26. The summed E-state index contributed by atoms with van der Waals surface area (Å²) in [6, 6.07) is 3.66. The fourth-order valence-electron chi connectivity index (χ4n) is 1.98. The van der Waals surface area contributed by atoms with Gasteiger partial charge in [0.1, 0.15) is 0 Å². The smallest absolute Gasteiger partial charge is 0.338 e. The zero-order valence-electron chi connectivity index (χ0n) is 12.0. The summed E-state index contributed by atoms with van der Waals surface area (Å²) in [6.07, 6.45) is 0. The zero-order valence-corrected chi connectivity index (χ0v) is 15.2. The van der Waals surface area contributed by atoms with Gasteiger partial charge in [-0.3, -0.25) is 0 Å². The van der Waals surface area contributed by atoms with Gasteiger partial charge in [-0.1, -0.05) is 13.8 Å². The third-order valence-corrected chi connectivity index (χ3v) is 4.82. The second-order valence-electron chi connectivity index (χ2n) is 5.20. The first-order valence-electron chi connectivity index (χ1n) is 6.59. The van der Waals surface area contributed by atoms with Gasteiger partial charge in [-0.15, -0.1) is 11.3 Å². The number of carbonyl (C=O) groups excluding carboxylic acids is 1. The van der Waals surface area contributed by atoms with E-state index in [0.717, 1.165) is 14.4 Å².